The summed E-state index contributed by atoms with van der Waals surface area (Å²) in [5.74, 6) is -0.694. The van der Waals surface area contributed by atoms with Gasteiger partial charge in [0.25, 0.3) is 15.7 Å². The lowest BCUT2D eigenvalue weighted by molar-refractivity contribution is -0.141. The van der Waals surface area contributed by atoms with Gasteiger partial charge in [0.15, 0.2) is 28.5 Å². The van der Waals surface area contributed by atoms with E-state index >= 15 is 0 Å². The summed E-state index contributed by atoms with van der Waals surface area (Å²) in [6, 6.07) is -0.914. The third-order valence-corrected chi connectivity index (χ3v) is 19.7. The highest BCUT2D eigenvalue weighted by atomic mass is 32.2. The molecule has 1 saturated heterocycles. The molecule has 2 aliphatic rings. The maximum atomic E-state index is 13.7. The molecule has 15 nitrogen and oxygen atoms in total. The maximum absolute atomic E-state index is 13.7. The molecular formula is C30H52N4O11SSi2. The summed E-state index contributed by atoms with van der Waals surface area (Å²) in [7, 11) is -8.50. The topological polar surface area (TPSA) is 182 Å². The van der Waals surface area contributed by atoms with Crippen LogP contribution in [0.5, 0.6) is 0 Å². The molecule has 1 aromatic heterocycles. The Hall–Kier alpha value is -2.62. The number of rotatable bonds is 10. The maximum Gasteiger partial charge on any atom is 0.332 e. The number of hydrogen-bond donors (Lipinski definition) is 2. The second-order valence-corrected chi connectivity index (χ2v) is 26.2. The van der Waals surface area contributed by atoms with Crippen LogP contribution in [0.3, 0.4) is 0 Å². The highest BCUT2D eigenvalue weighted by molar-refractivity contribution is 7.90. The predicted octanol–water partition coefficient (Wildman–Crippen LogP) is 2.97. The number of amides is 2. The third-order valence-electron chi connectivity index (χ3n) is 9.73. The molecule has 3 rings (SSSR count). The van der Waals surface area contributed by atoms with Crippen molar-refractivity contribution in [2.45, 2.75) is 116 Å². The molecule has 2 aliphatic heterocycles. The van der Waals surface area contributed by atoms with Gasteiger partial charge in [0.1, 0.15) is 18.8 Å². The average molecular weight is 733 g/mol. The molecule has 0 bridgehead atoms. The number of esters is 1. The molecule has 1 spiro atoms. The first-order chi connectivity index (χ1) is 21.7. The predicted molar refractivity (Wildman–Crippen MR) is 184 cm³/mol. The lowest BCUT2D eigenvalue weighted by atomic mass is 9.89. The number of ether oxygens (including phenoxy) is 2. The molecule has 1 aromatic rings. The Balaban J connectivity index is 2.30. The van der Waals surface area contributed by atoms with E-state index in [1.165, 1.54) is 17.8 Å². The summed E-state index contributed by atoms with van der Waals surface area (Å²) in [5.41, 5.74) is -3.30. The Kier molecular flexibility index (Phi) is 11.3. The zero-order chi connectivity index (χ0) is 36.8. The zero-order valence-corrected chi connectivity index (χ0v) is 33.1. The van der Waals surface area contributed by atoms with Gasteiger partial charge in [0.05, 0.1) is 24.3 Å². The van der Waals surface area contributed by atoms with E-state index in [4.69, 9.17) is 22.5 Å². The second-order valence-electron chi connectivity index (χ2n) is 15.3. The lowest BCUT2D eigenvalue weighted by Crippen LogP contribution is -2.60. The minimum atomic E-state index is -4.48. The third kappa shape index (κ3) is 7.89. The second kappa shape index (κ2) is 13.6. The molecule has 1 fully saturated rings. The summed E-state index contributed by atoms with van der Waals surface area (Å²) in [5, 5.41) is 5.06. The van der Waals surface area contributed by atoms with E-state index in [1.807, 2.05) is 67.7 Å². The van der Waals surface area contributed by atoms with Crippen LogP contribution in [0.25, 0.3) is 0 Å². The van der Waals surface area contributed by atoms with E-state index in [9.17, 15) is 27.6 Å². The van der Waals surface area contributed by atoms with Crippen LogP contribution >= 0.6 is 0 Å². The molecule has 3 heterocycles. The van der Waals surface area contributed by atoms with Crippen LogP contribution < -0.4 is 21.9 Å². The molecule has 18 heteroatoms. The first-order valence-electron chi connectivity index (χ1n) is 15.8. The van der Waals surface area contributed by atoms with Gasteiger partial charge in [0.2, 0.25) is 0 Å². The minimum Gasteiger partial charge on any atom is -0.465 e. The summed E-state index contributed by atoms with van der Waals surface area (Å²) in [6.45, 7) is 22.6. The van der Waals surface area contributed by atoms with Crippen LogP contribution in [-0.2, 0) is 44.5 Å². The largest absolute Gasteiger partial charge is 0.465 e. The number of carbonyl (C=O) groups is 2. The number of carbonyl (C=O) groups excluding carboxylic acids is 2. The lowest BCUT2D eigenvalue weighted by Gasteiger charge is -2.44. The van der Waals surface area contributed by atoms with Crippen molar-refractivity contribution >= 4 is 38.8 Å². The van der Waals surface area contributed by atoms with Gasteiger partial charge < -0.3 is 29.0 Å². The van der Waals surface area contributed by atoms with Crippen molar-refractivity contribution in [2.75, 3.05) is 19.8 Å². The number of nitrogens with zero attached hydrogens (tertiary/aromatic N) is 2. The first kappa shape index (κ1) is 39.8. The number of urea groups is 1. The molecule has 272 valence electrons. The van der Waals surface area contributed by atoms with Gasteiger partial charge in [-0.25, -0.2) is 13.8 Å². The van der Waals surface area contributed by atoms with Crippen LogP contribution in [0.2, 0.25) is 36.3 Å². The van der Waals surface area contributed by atoms with E-state index < -0.39 is 85.6 Å². The molecule has 48 heavy (non-hydrogen) atoms. The van der Waals surface area contributed by atoms with Gasteiger partial charge in [-0.3, -0.25) is 18.7 Å². The Morgan fingerprint density at radius 3 is 2.17 bits per heavy atom. The minimum absolute atomic E-state index is 0.105. The van der Waals surface area contributed by atoms with E-state index in [1.54, 1.807) is 13.8 Å². The molecule has 2 amide bonds. The quantitative estimate of drug-likeness (QED) is 0.205. The van der Waals surface area contributed by atoms with Gasteiger partial charge in [0, 0.05) is 18.8 Å². The Labute approximate surface area is 284 Å². The van der Waals surface area contributed by atoms with Crippen molar-refractivity contribution in [2.24, 2.45) is 7.05 Å². The summed E-state index contributed by atoms with van der Waals surface area (Å²) in [4.78, 5) is 51.5. The molecule has 1 unspecified atom stereocenters. The highest BCUT2D eigenvalue weighted by Gasteiger charge is 2.68. The van der Waals surface area contributed by atoms with Gasteiger partial charge >= 0.3 is 17.7 Å². The highest BCUT2D eigenvalue weighted by Crippen LogP contribution is 2.52. The molecule has 2 N–H and O–H groups in total. The summed E-state index contributed by atoms with van der Waals surface area (Å²) >= 11 is 0. The summed E-state index contributed by atoms with van der Waals surface area (Å²) in [6.07, 6.45) is -2.58. The standard InChI is InChI=1S/C30H52N4O11SSi2/c1-14-41-22(35)15-31-26(37)32-20-18-46(39,40)45-30(20)21(17-42-47(10,11)28(3,4)5)43-25(23(30)44-48(12,13)29(6,7)8)34-16-19(2)24(36)33(9)27(34)38/h16,18,21,23,25H,14-15,17H2,1-13H3,(H2,31,32,37)/t21-,23+,25-,30?/m1/s1. The zero-order valence-electron chi connectivity index (χ0n) is 30.3. The Morgan fingerprint density at radius 2 is 1.62 bits per heavy atom. The first-order valence-corrected chi connectivity index (χ1v) is 23.1. The van der Waals surface area contributed by atoms with Gasteiger partial charge in [-0.15, -0.1) is 0 Å². The monoisotopic (exact) mass is 732 g/mol. The van der Waals surface area contributed by atoms with E-state index in [-0.39, 0.29) is 29.5 Å². The van der Waals surface area contributed by atoms with Crippen molar-refractivity contribution in [3.8, 4) is 0 Å². The number of nitrogens with one attached hydrogen (secondary N) is 2. The molecule has 0 radical (unpaired) electrons. The van der Waals surface area contributed by atoms with Crippen LogP contribution in [0, 0.1) is 6.92 Å². The van der Waals surface area contributed by atoms with Crippen LogP contribution in [0.15, 0.2) is 26.9 Å². The number of hydrogen-bond acceptors (Lipinski definition) is 11. The molecule has 0 saturated carbocycles. The van der Waals surface area contributed by atoms with Gasteiger partial charge in [-0.2, -0.15) is 8.42 Å². The van der Waals surface area contributed by atoms with E-state index in [2.05, 4.69) is 10.6 Å². The van der Waals surface area contributed by atoms with Gasteiger partial charge in [-0.05, 0) is 50.1 Å². The van der Waals surface area contributed by atoms with Crippen molar-refractivity contribution in [3.05, 3.63) is 43.7 Å². The summed E-state index contributed by atoms with van der Waals surface area (Å²) < 4.78 is 59.9. The van der Waals surface area contributed by atoms with E-state index in [0.717, 1.165) is 9.98 Å². The Morgan fingerprint density at radius 1 is 1.04 bits per heavy atom. The smallest absolute Gasteiger partial charge is 0.332 e. The van der Waals surface area contributed by atoms with Gasteiger partial charge in [-0.1, -0.05) is 41.5 Å². The molecule has 0 aromatic carbocycles. The van der Waals surface area contributed by atoms with Crippen molar-refractivity contribution in [1.82, 2.24) is 19.8 Å². The fourth-order valence-electron chi connectivity index (χ4n) is 4.86. The molecule has 4 atom stereocenters. The normalized spacial score (nSPS) is 24.4. The van der Waals surface area contributed by atoms with E-state index in [0.29, 0.717) is 0 Å². The Bertz CT molecular complexity index is 1670. The molecule has 0 aliphatic carbocycles. The number of aryl methyl sites for hydroxylation is 1. The van der Waals surface area contributed by atoms with Crippen molar-refractivity contribution in [3.63, 3.8) is 0 Å². The number of aromatic nitrogens is 2. The van der Waals surface area contributed by atoms with Crippen molar-refractivity contribution < 1.29 is 40.5 Å². The van der Waals surface area contributed by atoms with Crippen LogP contribution in [-0.4, -0.2) is 83.8 Å². The fraction of sp³-hybridized carbons (Fsp3) is 0.733. The molecular weight excluding hydrogens is 681 g/mol. The van der Waals surface area contributed by atoms with Crippen LogP contribution in [0.1, 0.15) is 60.3 Å². The average Bonchev–Trinajstić information content (AvgIpc) is 3.37. The van der Waals surface area contributed by atoms with Crippen molar-refractivity contribution in [1.29, 1.82) is 0 Å². The van der Waals surface area contributed by atoms with Crippen LogP contribution in [0.4, 0.5) is 4.79 Å². The SMILES string of the molecule is CCOC(=O)CNC(=O)NC1=CS(=O)(=O)OC12[C@@H](CO[Si](C)(C)C(C)(C)C)O[C@@H](n1cc(C)c(=O)n(C)c1=O)[C@@H]2O[Si](C)(C)C(C)(C)C. The fourth-order valence-corrected chi connectivity index (χ4v) is 8.40.